The highest BCUT2D eigenvalue weighted by atomic mass is 79.9. The quantitative estimate of drug-likeness (QED) is 0.858. The number of nitrogens with two attached hydrogens (primary N) is 1. The minimum Gasteiger partial charge on any atom is -0.429 e. The standard InChI is InChI=1S/C10H9BrN2OS/c1-6-5-15-10(13-6)14-9-3-2-7(11)4-8(9)12/h2-5H,12H2,1H3. The number of anilines is 1. The van der Waals surface area contributed by atoms with Gasteiger partial charge in [-0.2, -0.15) is 0 Å². The molecule has 15 heavy (non-hydrogen) atoms. The molecule has 0 spiro atoms. The lowest BCUT2D eigenvalue weighted by atomic mass is 10.3. The normalized spacial score (nSPS) is 10.3. The summed E-state index contributed by atoms with van der Waals surface area (Å²) >= 11 is 4.79. The largest absolute Gasteiger partial charge is 0.429 e. The highest BCUT2D eigenvalue weighted by Gasteiger charge is 2.05. The Kier molecular flexibility index (Phi) is 2.93. The van der Waals surface area contributed by atoms with E-state index in [-0.39, 0.29) is 0 Å². The van der Waals surface area contributed by atoms with Crippen molar-refractivity contribution in [1.29, 1.82) is 0 Å². The monoisotopic (exact) mass is 284 g/mol. The Bertz CT molecular complexity index is 484. The molecule has 1 heterocycles. The first kappa shape index (κ1) is 10.4. The lowest BCUT2D eigenvalue weighted by Crippen LogP contribution is -1.91. The molecule has 0 unspecified atom stereocenters. The molecule has 0 saturated heterocycles. The number of nitrogen functional groups attached to an aromatic ring is 1. The van der Waals surface area contributed by atoms with Gasteiger partial charge in [-0.1, -0.05) is 27.3 Å². The van der Waals surface area contributed by atoms with E-state index < -0.39 is 0 Å². The third kappa shape index (κ3) is 2.49. The molecule has 78 valence electrons. The topological polar surface area (TPSA) is 48.1 Å². The summed E-state index contributed by atoms with van der Waals surface area (Å²) < 4.78 is 6.48. The average molecular weight is 285 g/mol. The molecule has 0 radical (unpaired) electrons. The van der Waals surface area contributed by atoms with Gasteiger partial charge < -0.3 is 10.5 Å². The summed E-state index contributed by atoms with van der Waals surface area (Å²) in [5.41, 5.74) is 7.34. The molecule has 0 saturated carbocycles. The van der Waals surface area contributed by atoms with Gasteiger partial charge in [0.25, 0.3) is 5.19 Å². The first-order valence-electron chi connectivity index (χ1n) is 4.30. The smallest absolute Gasteiger partial charge is 0.278 e. The molecule has 0 aliphatic heterocycles. The number of hydrogen-bond acceptors (Lipinski definition) is 4. The van der Waals surface area contributed by atoms with E-state index in [2.05, 4.69) is 20.9 Å². The Morgan fingerprint density at radius 3 is 2.87 bits per heavy atom. The predicted molar refractivity (Wildman–Crippen MR) is 65.5 cm³/mol. The summed E-state index contributed by atoms with van der Waals surface area (Å²) in [6.07, 6.45) is 0. The van der Waals surface area contributed by atoms with Gasteiger partial charge in [0.1, 0.15) is 0 Å². The third-order valence-corrected chi connectivity index (χ3v) is 3.10. The number of ether oxygens (including phenoxy) is 1. The van der Waals surface area contributed by atoms with Crippen LogP contribution < -0.4 is 10.5 Å². The molecule has 0 amide bonds. The van der Waals surface area contributed by atoms with Crippen LogP contribution in [0.3, 0.4) is 0 Å². The predicted octanol–water partition coefficient (Wildman–Crippen LogP) is 3.59. The second-order valence-electron chi connectivity index (χ2n) is 3.04. The van der Waals surface area contributed by atoms with Gasteiger partial charge in [-0.05, 0) is 25.1 Å². The van der Waals surface area contributed by atoms with Crippen LogP contribution in [0.1, 0.15) is 5.69 Å². The molecule has 1 aromatic carbocycles. The maximum atomic E-state index is 5.80. The van der Waals surface area contributed by atoms with Crippen molar-refractivity contribution in [3.05, 3.63) is 33.7 Å². The molecule has 0 bridgehead atoms. The molecule has 5 heteroatoms. The first-order valence-corrected chi connectivity index (χ1v) is 5.97. The maximum absolute atomic E-state index is 5.80. The lowest BCUT2D eigenvalue weighted by molar-refractivity contribution is 0.480. The van der Waals surface area contributed by atoms with Crippen LogP contribution >= 0.6 is 27.3 Å². The summed E-state index contributed by atoms with van der Waals surface area (Å²) in [6, 6.07) is 5.50. The summed E-state index contributed by atoms with van der Waals surface area (Å²) in [7, 11) is 0. The van der Waals surface area contributed by atoms with Gasteiger partial charge in [0.2, 0.25) is 0 Å². The van der Waals surface area contributed by atoms with E-state index >= 15 is 0 Å². The van der Waals surface area contributed by atoms with Gasteiger partial charge in [-0.3, -0.25) is 0 Å². The number of aromatic nitrogens is 1. The van der Waals surface area contributed by atoms with E-state index in [1.807, 2.05) is 24.4 Å². The molecule has 3 nitrogen and oxygen atoms in total. The minimum atomic E-state index is 0.595. The Hall–Kier alpha value is -1.07. The molecule has 0 fully saturated rings. The second-order valence-corrected chi connectivity index (χ2v) is 4.78. The lowest BCUT2D eigenvalue weighted by Gasteiger charge is -2.05. The number of thiazole rings is 1. The molecular weight excluding hydrogens is 276 g/mol. The van der Waals surface area contributed by atoms with Crippen LogP contribution in [-0.4, -0.2) is 4.98 Å². The summed E-state index contributed by atoms with van der Waals surface area (Å²) in [5.74, 6) is 0.632. The van der Waals surface area contributed by atoms with Crippen LogP contribution in [0, 0.1) is 6.92 Å². The van der Waals surface area contributed by atoms with Crippen molar-refractivity contribution < 1.29 is 4.74 Å². The van der Waals surface area contributed by atoms with E-state index in [0.717, 1.165) is 10.2 Å². The van der Waals surface area contributed by atoms with Crippen molar-refractivity contribution >= 4 is 33.0 Å². The zero-order valence-corrected chi connectivity index (χ0v) is 10.4. The van der Waals surface area contributed by atoms with E-state index in [1.54, 1.807) is 6.07 Å². The molecule has 2 N–H and O–H groups in total. The van der Waals surface area contributed by atoms with E-state index in [4.69, 9.17) is 10.5 Å². The molecule has 0 aliphatic carbocycles. The molecule has 0 atom stereocenters. The zero-order chi connectivity index (χ0) is 10.8. The SMILES string of the molecule is Cc1csc(Oc2ccc(Br)cc2N)n1. The summed E-state index contributed by atoms with van der Waals surface area (Å²) in [6.45, 7) is 1.92. The van der Waals surface area contributed by atoms with E-state index in [0.29, 0.717) is 16.6 Å². The Balaban J connectivity index is 2.24. The van der Waals surface area contributed by atoms with Gasteiger partial charge in [0, 0.05) is 9.85 Å². The Morgan fingerprint density at radius 1 is 1.47 bits per heavy atom. The van der Waals surface area contributed by atoms with Crippen LogP contribution in [-0.2, 0) is 0 Å². The highest BCUT2D eigenvalue weighted by molar-refractivity contribution is 9.10. The number of rotatable bonds is 2. The molecule has 2 aromatic rings. The third-order valence-electron chi connectivity index (χ3n) is 1.77. The second kappa shape index (κ2) is 4.20. The number of hydrogen-bond donors (Lipinski definition) is 1. The van der Waals surface area contributed by atoms with Gasteiger partial charge in [-0.25, -0.2) is 4.98 Å². The number of benzene rings is 1. The zero-order valence-electron chi connectivity index (χ0n) is 8.03. The molecule has 0 aliphatic rings. The van der Waals surface area contributed by atoms with Crippen LogP contribution in [0.5, 0.6) is 10.9 Å². The van der Waals surface area contributed by atoms with Gasteiger partial charge in [0.05, 0.1) is 11.4 Å². The van der Waals surface area contributed by atoms with Crippen molar-refractivity contribution in [3.8, 4) is 10.9 Å². The van der Waals surface area contributed by atoms with Crippen LogP contribution in [0.25, 0.3) is 0 Å². The van der Waals surface area contributed by atoms with Crippen LogP contribution in [0.15, 0.2) is 28.1 Å². The Labute approximate surface area is 100 Å². The van der Waals surface area contributed by atoms with Crippen molar-refractivity contribution in [2.24, 2.45) is 0 Å². The minimum absolute atomic E-state index is 0.595. The maximum Gasteiger partial charge on any atom is 0.278 e. The van der Waals surface area contributed by atoms with Gasteiger partial charge in [0.15, 0.2) is 5.75 Å². The number of aryl methyl sites for hydroxylation is 1. The van der Waals surface area contributed by atoms with Crippen molar-refractivity contribution in [2.45, 2.75) is 6.92 Å². The number of halogens is 1. The fourth-order valence-electron chi connectivity index (χ4n) is 1.09. The highest BCUT2D eigenvalue weighted by Crippen LogP contribution is 2.31. The summed E-state index contributed by atoms with van der Waals surface area (Å²) in [4.78, 5) is 4.20. The van der Waals surface area contributed by atoms with Crippen LogP contribution in [0.2, 0.25) is 0 Å². The number of nitrogens with zero attached hydrogens (tertiary/aromatic N) is 1. The van der Waals surface area contributed by atoms with Crippen molar-refractivity contribution in [3.63, 3.8) is 0 Å². The molecule has 2 rings (SSSR count). The van der Waals surface area contributed by atoms with Gasteiger partial charge in [-0.15, -0.1) is 0 Å². The van der Waals surface area contributed by atoms with E-state index in [9.17, 15) is 0 Å². The average Bonchev–Trinajstić information content (AvgIpc) is 2.56. The molecular formula is C10H9BrN2OS. The van der Waals surface area contributed by atoms with Gasteiger partial charge >= 0.3 is 0 Å². The van der Waals surface area contributed by atoms with E-state index in [1.165, 1.54) is 11.3 Å². The first-order chi connectivity index (χ1) is 7.15. The Morgan fingerprint density at radius 2 is 2.27 bits per heavy atom. The fraction of sp³-hybridized carbons (Fsp3) is 0.100. The van der Waals surface area contributed by atoms with Crippen molar-refractivity contribution in [1.82, 2.24) is 4.98 Å². The molecule has 1 aromatic heterocycles. The summed E-state index contributed by atoms with van der Waals surface area (Å²) in [5, 5.41) is 2.55. The van der Waals surface area contributed by atoms with Crippen molar-refractivity contribution in [2.75, 3.05) is 5.73 Å². The fourth-order valence-corrected chi connectivity index (χ4v) is 2.12. The van der Waals surface area contributed by atoms with Crippen LogP contribution in [0.4, 0.5) is 5.69 Å².